The maximum atomic E-state index is 9.09. The van der Waals surface area contributed by atoms with Crippen LogP contribution in [-0.2, 0) is 0 Å². The van der Waals surface area contributed by atoms with E-state index in [4.69, 9.17) is 26.8 Å². The third-order valence-electron chi connectivity index (χ3n) is 1.53. The summed E-state index contributed by atoms with van der Waals surface area (Å²) in [5.41, 5.74) is 6.11. The second kappa shape index (κ2) is 2.81. The Morgan fingerprint density at radius 2 is 1.60 bits per heavy atom. The molecule has 62 valence electrons. The number of aliphatic hydroxyl groups excluding tert-OH is 1. The van der Waals surface area contributed by atoms with Crippen molar-refractivity contribution in [2.75, 3.05) is 6.61 Å². The first-order valence-electron chi connectivity index (χ1n) is 3.01. The quantitative estimate of drug-likeness (QED) is 0.290. The van der Waals surface area contributed by atoms with Gasteiger partial charge in [0.1, 0.15) is 0 Å². The van der Waals surface area contributed by atoms with Crippen molar-refractivity contribution in [1.82, 2.24) is 0 Å². The van der Waals surface area contributed by atoms with Crippen molar-refractivity contribution in [2.45, 2.75) is 24.8 Å². The maximum Gasteiger partial charge on any atom is 0.179 e. The Morgan fingerprint density at radius 3 is 1.70 bits per heavy atom. The van der Waals surface area contributed by atoms with Crippen LogP contribution in [0, 0.1) is 0 Å². The lowest BCUT2D eigenvalue weighted by atomic mass is 10.00. The molecule has 0 aliphatic heterocycles. The van der Waals surface area contributed by atoms with E-state index in [1.165, 1.54) is 0 Å². The minimum absolute atomic E-state index is 0.0700. The molecule has 5 heteroatoms. The Kier molecular flexibility index (Phi) is 2.76. The molecule has 2 atom stereocenters. The highest BCUT2D eigenvalue weighted by atomic mass is 16.4. The van der Waals surface area contributed by atoms with Gasteiger partial charge in [-0.15, -0.1) is 0 Å². The average Bonchev–Trinajstić information content (AvgIpc) is 1.88. The van der Waals surface area contributed by atoms with Gasteiger partial charge in [0.15, 0.2) is 11.4 Å². The predicted octanol–water partition coefficient (Wildman–Crippen LogP) is -2.32. The van der Waals surface area contributed by atoms with Crippen LogP contribution in [0.1, 0.15) is 13.3 Å². The normalized spacial score (nSPS) is 23.4. The van der Waals surface area contributed by atoms with Gasteiger partial charge in [0, 0.05) is 0 Å². The monoisotopic (exact) mass is 150 g/mol. The zero-order valence-corrected chi connectivity index (χ0v) is 5.91. The first-order valence-corrected chi connectivity index (χ1v) is 3.01. The lowest BCUT2D eigenvalue weighted by Crippen LogP contribution is -2.67. The first-order chi connectivity index (χ1) is 4.37. The van der Waals surface area contributed by atoms with E-state index in [9.17, 15) is 0 Å². The zero-order chi connectivity index (χ0) is 8.41. The van der Waals surface area contributed by atoms with Gasteiger partial charge in [0.05, 0.1) is 6.61 Å². The van der Waals surface area contributed by atoms with E-state index in [1.807, 2.05) is 0 Å². The highest BCUT2D eigenvalue weighted by Crippen LogP contribution is 2.13. The highest BCUT2D eigenvalue weighted by Gasteiger charge is 2.41. The molecule has 0 rings (SSSR count). The maximum absolute atomic E-state index is 9.09. The van der Waals surface area contributed by atoms with Gasteiger partial charge in [-0.25, -0.2) is 0 Å². The third kappa shape index (κ3) is 1.65. The largest absolute Gasteiger partial charge is 0.392 e. The molecule has 0 saturated heterocycles. The van der Waals surface area contributed by atoms with E-state index in [0.29, 0.717) is 0 Å². The third-order valence-corrected chi connectivity index (χ3v) is 1.53. The summed E-state index contributed by atoms with van der Waals surface area (Å²) in [4.78, 5) is 0. The number of nitrogens with two attached hydrogens (primary N) is 2. The van der Waals surface area contributed by atoms with Gasteiger partial charge in [0.2, 0.25) is 0 Å². The van der Waals surface area contributed by atoms with Crippen molar-refractivity contribution in [3.8, 4) is 0 Å². The molecule has 0 radical (unpaired) electrons. The number of rotatable bonds is 3. The van der Waals surface area contributed by atoms with E-state index in [-0.39, 0.29) is 6.42 Å². The van der Waals surface area contributed by atoms with Crippen LogP contribution in [0.2, 0.25) is 0 Å². The van der Waals surface area contributed by atoms with Crippen molar-refractivity contribution in [3.05, 3.63) is 0 Å². The molecule has 0 aliphatic rings. The molecule has 0 spiro atoms. The Bertz CT molecular complexity index is 99.5. The van der Waals surface area contributed by atoms with Gasteiger partial charge in [-0.2, -0.15) is 0 Å². The first kappa shape index (κ1) is 9.80. The number of hydrogen-bond donors (Lipinski definition) is 5. The standard InChI is InChI=1S/C5H14N2O3/c1-2-4(6,9)5(7,10)3-8/h8-10H,2-3,6-7H2,1H3. The van der Waals surface area contributed by atoms with Crippen LogP contribution in [0.5, 0.6) is 0 Å². The summed E-state index contributed by atoms with van der Waals surface area (Å²) in [6, 6.07) is 0. The fourth-order valence-corrected chi connectivity index (χ4v) is 0.443. The highest BCUT2D eigenvalue weighted by molar-refractivity contribution is 4.88. The molecule has 0 bridgehead atoms. The number of aliphatic hydroxyl groups is 3. The molecule has 10 heavy (non-hydrogen) atoms. The second-order valence-electron chi connectivity index (χ2n) is 2.36. The molecule has 0 heterocycles. The molecule has 0 fully saturated rings. The van der Waals surface area contributed by atoms with Gasteiger partial charge in [0.25, 0.3) is 0 Å². The summed E-state index contributed by atoms with van der Waals surface area (Å²) in [6.45, 7) is 0.779. The lowest BCUT2D eigenvalue weighted by molar-refractivity contribution is -0.167. The van der Waals surface area contributed by atoms with Gasteiger partial charge in [-0.3, -0.25) is 11.5 Å². The molecule has 0 aliphatic carbocycles. The summed E-state index contributed by atoms with van der Waals surface area (Å²) in [7, 11) is 0. The van der Waals surface area contributed by atoms with E-state index < -0.39 is 18.1 Å². The van der Waals surface area contributed by atoms with Gasteiger partial charge < -0.3 is 15.3 Å². The summed E-state index contributed by atoms with van der Waals surface area (Å²) < 4.78 is 0. The molecule has 0 aromatic heterocycles. The van der Waals surface area contributed by atoms with Crippen LogP contribution >= 0.6 is 0 Å². The molecule has 7 N–H and O–H groups in total. The molecule has 0 amide bonds. The van der Waals surface area contributed by atoms with Crippen LogP contribution in [0.4, 0.5) is 0 Å². The van der Waals surface area contributed by atoms with Crippen molar-refractivity contribution >= 4 is 0 Å². The Labute approximate surface area is 59.3 Å². The zero-order valence-electron chi connectivity index (χ0n) is 5.91. The minimum Gasteiger partial charge on any atom is -0.392 e. The molecule has 0 aromatic rings. The van der Waals surface area contributed by atoms with Crippen LogP contribution in [0.3, 0.4) is 0 Å². The Hall–Kier alpha value is -0.200. The summed E-state index contributed by atoms with van der Waals surface area (Å²) in [6.07, 6.45) is 0.0700. The van der Waals surface area contributed by atoms with E-state index >= 15 is 0 Å². The molecule has 5 nitrogen and oxygen atoms in total. The SMILES string of the molecule is CCC(N)(O)C(N)(O)CO. The van der Waals surface area contributed by atoms with Crippen LogP contribution < -0.4 is 11.5 Å². The van der Waals surface area contributed by atoms with E-state index in [2.05, 4.69) is 0 Å². The van der Waals surface area contributed by atoms with Crippen molar-refractivity contribution in [1.29, 1.82) is 0 Å². The molecular weight excluding hydrogens is 136 g/mol. The van der Waals surface area contributed by atoms with Gasteiger partial charge >= 0.3 is 0 Å². The second-order valence-corrected chi connectivity index (χ2v) is 2.36. The Morgan fingerprint density at radius 1 is 1.20 bits per heavy atom. The smallest absolute Gasteiger partial charge is 0.179 e. The molecule has 2 unspecified atom stereocenters. The van der Waals surface area contributed by atoms with Crippen molar-refractivity contribution < 1.29 is 15.3 Å². The van der Waals surface area contributed by atoms with Crippen LogP contribution in [0.15, 0.2) is 0 Å². The minimum atomic E-state index is -2.12. The summed E-state index contributed by atoms with van der Waals surface area (Å²) >= 11 is 0. The van der Waals surface area contributed by atoms with E-state index in [0.717, 1.165) is 0 Å². The lowest BCUT2D eigenvalue weighted by Gasteiger charge is -2.35. The molecular formula is C5H14N2O3. The summed E-state index contributed by atoms with van der Waals surface area (Å²) in [5.74, 6) is 0. The van der Waals surface area contributed by atoms with Crippen LogP contribution in [0.25, 0.3) is 0 Å². The topological polar surface area (TPSA) is 113 Å². The average molecular weight is 150 g/mol. The fraction of sp³-hybridized carbons (Fsp3) is 1.00. The van der Waals surface area contributed by atoms with Gasteiger partial charge in [-0.05, 0) is 6.42 Å². The van der Waals surface area contributed by atoms with Crippen molar-refractivity contribution in [3.63, 3.8) is 0 Å². The van der Waals surface area contributed by atoms with Crippen LogP contribution in [-0.4, -0.2) is 33.4 Å². The predicted molar refractivity (Wildman–Crippen MR) is 35.7 cm³/mol. The number of hydrogen-bond acceptors (Lipinski definition) is 5. The fourth-order valence-electron chi connectivity index (χ4n) is 0.443. The van der Waals surface area contributed by atoms with E-state index in [1.54, 1.807) is 6.92 Å². The molecule has 0 aromatic carbocycles. The summed E-state index contributed by atoms with van der Waals surface area (Å²) in [5, 5.41) is 26.5. The Balaban J connectivity index is 4.28. The van der Waals surface area contributed by atoms with Gasteiger partial charge in [-0.1, -0.05) is 6.92 Å². The van der Waals surface area contributed by atoms with Crippen molar-refractivity contribution in [2.24, 2.45) is 11.5 Å². The molecule has 0 saturated carbocycles.